The summed E-state index contributed by atoms with van der Waals surface area (Å²) in [6, 6.07) is 0. The Morgan fingerprint density at radius 1 is 0.933 bits per heavy atom. The molecule has 0 aromatic carbocycles. The highest BCUT2D eigenvalue weighted by Gasteiger charge is 2.18. The molecule has 0 spiro atoms. The lowest BCUT2D eigenvalue weighted by Crippen LogP contribution is -2.11. The van der Waals surface area contributed by atoms with Crippen LogP contribution in [0.15, 0.2) is 0 Å². The van der Waals surface area contributed by atoms with Gasteiger partial charge in [0, 0.05) is 6.42 Å². The molecule has 0 atom stereocenters. The predicted molar refractivity (Wildman–Crippen MR) is 57.2 cm³/mol. The first kappa shape index (κ1) is 14.6. The predicted octanol–water partition coefficient (Wildman–Crippen LogP) is 2.41. The van der Waals surface area contributed by atoms with Gasteiger partial charge in [0.15, 0.2) is 0 Å². The van der Waals surface area contributed by atoms with Crippen molar-refractivity contribution >= 4 is 15.2 Å². The van der Waals surface area contributed by atoms with Gasteiger partial charge in [-0.05, 0) is 6.42 Å². The van der Waals surface area contributed by atoms with Gasteiger partial charge in [-0.15, -0.1) is 0 Å². The van der Waals surface area contributed by atoms with Crippen LogP contribution in [0.25, 0.3) is 0 Å². The van der Waals surface area contributed by atoms with Gasteiger partial charge in [-0.3, -0.25) is 4.79 Å². The Hall–Kier alpha value is -0.420. The van der Waals surface area contributed by atoms with E-state index in [1.54, 1.807) is 0 Å². The number of hydrogen-bond acceptors (Lipinski definition) is 3. The molecule has 0 aromatic rings. The van der Waals surface area contributed by atoms with Crippen molar-refractivity contribution in [1.82, 2.24) is 0 Å². The average Bonchev–Trinajstić information content (AvgIpc) is 2.14. The van der Waals surface area contributed by atoms with Gasteiger partial charge in [0.05, 0.1) is 0 Å². The molecule has 0 unspecified atom stereocenters. The van der Waals surface area contributed by atoms with Crippen LogP contribution in [-0.2, 0) is 19.5 Å². The van der Waals surface area contributed by atoms with E-state index in [2.05, 4.69) is 6.92 Å². The summed E-state index contributed by atoms with van der Waals surface area (Å²) >= 11 is 0. The van der Waals surface area contributed by atoms with Crippen molar-refractivity contribution in [2.24, 2.45) is 0 Å². The first-order chi connectivity index (χ1) is 6.98. The van der Waals surface area contributed by atoms with E-state index >= 15 is 0 Å². The zero-order valence-corrected chi connectivity index (χ0v) is 10.0. The molecule has 0 aromatic heterocycles. The lowest BCUT2D eigenvalue weighted by molar-refractivity contribution is -0.112. The van der Waals surface area contributed by atoms with E-state index in [9.17, 15) is 17.8 Å². The van der Waals surface area contributed by atoms with Gasteiger partial charge in [0.1, 0.15) is 0 Å². The van der Waals surface area contributed by atoms with Gasteiger partial charge in [-0.1, -0.05) is 50.0 Å². The summed E-state index contributed by atoms with van der Waals surface area (Å²) in [5, 5.41) is -1.17. The van der Waals surface area contributed by atoms with Crippen molar-refractivity contribution < 1.29 is 17.8 Å². The Morgan fingerprint density at radius 3 is 1.87 bits per heavy atom. The summed E-state index contributed by atoms with van der Waals surface area (Å²) in [7, 11) is -4.69. The molecule has 0 bridgehead atoms. The quantitative estimate of drug-likeness (QED) is 0.606. The highest BCUT2D eigenvalue weighted by molar-refractivity contribution is 8.00. The van der Waals surface area contributed by atoms with Gasteiger partial charge in [0.25, 0.3) is 5.12 Å². The Morgan fingerprint density at radius 2 is 1.40 bits per heavy atom. The van der Waals surface area contributed by atoms with Gasteiger partial charge >= 0.3 is 10.1 Å². The van der Waals surface area contributed by atoms with Crippen LogP contribution in [0.5, 0.6) is 0 Å². The molecule has 4 nitrogen and oxygen atoms in total. The number of rotatable bonds is 8. The highest BCUT2D eigenvalue weighted by Crippen LogP contribution is 2.09. The fourth-order valence-corrected chi connectivity index (χ4v) is 1.75. The second kappa shape index (κ2) is 7.82. The van der Waals surface area contributed by atoms with E-state index in [0.717, 1.165) is 19.3 Å². The van der Waals surface area contributed by atoms with Gasteiger partial charge in [0.2, 0.25) is 0 Å². The molecule has 5 heteroatoms. The summed E-state index contributed by atoms with van der Waals surface area (Å²) < 4.78 is 30.7. The number of hydrogen-bond donors (Lipinski definition) is 0. The Balaban J connectivity index is 3.36. The molecule has 0 fully saturated rings. The normalized spacial score (nSPS) is 11.6. The molecule has 0 N–H and O–H groups in total. The van der Waals surface area contributed by atoms with E-state index in [0.29, 0.717) is 6.42 Å². The summed E-state index contributed by atoms with van der Waals surface area (Å²) in [6.45, 7) is 2.14. The van der Waals surface area contributed by atoms with E-state index in [4.69, 9.17) is 0 Å². The van der Waals surface area contributed by atoms with Gasteiger partial charge < -0.3 is 0 Å². The monoisotopic (exact) mass is 235 g/mol. The minimum absolute atomic E-state index is 0.125. The first-order valence-electron chi connectivity index (χ1n) is 5.47. The van der Waals surface area contributed by atoms with Crippen molar-refractivity contribution in [2.45, 2.75) is 58.3 Å². The molecule has 0 aliphatic rings. The topological polar surface area (TPSA) is 71.1 Å². The number of carbonyl (C=O) groups is 1. The van der Waals surface area contributed by atoms with Crippen molar-refractivity contribution in [2.75, 3.05) is 0 Å². The summed E-state index contributed by atoms with van der Waals surface area (Å²) in [5.74, 6) is 0. The zero-order chi connectivity index (χ0) is 11.7. The first-order valence-corrected chi connectivity index (χ1v) is 6.88. The van der Waals surface area contributed by atoms with Gasteiger partial charge in [-0.25, -0.2) is 0 Å². The molecule has 0 saturated heterocycles. The standard InChI is InChI=1S/C10H19O4S/c1-2-3-4-5-6-7-8-9-10(11)15(12,13)14/h2-9H2,1H3. The Labute approximate surface area is 91.8 Å². The molecule has 0 amide bonds. The average molecular weight is 235 g/mol. The van der Waals surface area contributed by atoms with E-state index in [1.807, 2.05) is 0 Å². The molecule has 0 rings (SSSR count). The van der Waals surface area contributed by atoms with E-state index in [-0.39, 0.29) is 6.42 Å². The van der Waals surface area contributed by atoms with Gasteiger partial charge in [-0.2, -0.15) is 8.42 Å². The molecule has 1 radical (unpaired) electrons. The lowest BCUT2D eigenvalue weighted by Gasteiger charge is -1.99. The Kier molecular flexibility index (Phi) is 7.60. The molecule has 89 valence electrons. The second-order valence-corrected chi connectivity index (χ2v) is 5.06. The van der Waals surface area contributed by atoms with Crippen LogP contribution in [-0.4, -0.2) is 13.5 Å². The van der Waals surface area contributed by atoms with E-state index in [1.165, 1.54) is 19.3 Å². The minimum Gasteiger partial charge on any atom is -0.279 e. The van der Waals surface area contributed by atoms with Crippen LogP contribution in [0.1, 0.15) is 58.3 Å². The van der Waals surface area contributed by atoms with Crippen molar-refractivity contribution in [3.8, 4) is 0 Å². The van der Waals surface area contributed by atoms with Crippen LogP contribution < -0.4 is 0 Å². The zero-order valence-electron chi connectivity index (χ0n) is 9.20. The van der Waals surface area contributed by atoms with Crippen LogP contribution in [0, 0.1) is 0 Å². The smallest absolute Gasteiger partial charge is 0.279 e. The van der Waals surface area contributed by atoms with E-state index < -0.39 is 15.2 Å². The third kappa shape index (κ3) is 8.57. The maximum atomic E-state index is 10.7. The highest BCUT2D eigenvalue weighted by atomic mass is 32.2. The van der Waals surface area contributed by atoms with Crippen LogP contribution >= 0.6 is 0 Å². The molecular weight excluding hydrogens is 216 g/mol. The lowest BCUT2D eigenvalue weighted by atomic mass is 10.1. The maximum absolute atomic E-state index is 10.7. The maximum Gasteiger partial charge on any atom is 0.358 e. The van der Waals surface area contributed by atoms with Crippen LogP contribution in [0.2, 0.25) is 0 Å². The third-order valence-corrected chi connectivity index (χ3v) is 3.03. The fraction of sp³-hybridized carbons (Fsp3) is 0.900. The molecule has 0 aliphatic carbocycles. The van der Waals surface area contributed by atoms with Crippen LogP contribution in [0.3, 0.4) is 0 Å². The number of unbranched alkanes of at least 4 members (excludes halogenated alkanes) is 6. The Bertz CT molecular complexity index is 269. The fourth-order valence-electron chi connectivity index (χ4n) is 1.35. The largest absolute Gasteiger partial charge is 0.358 e. The SMILES string of the molecule is CCCCCCCCCC(=O)S([O])(=O)=O. The third-order valence-electron chi connectivity index (χ3n) is 2.26. The van der Waals surface area contributed by atoms with Crippen molar-refractivity contribution in [3.63, 3.8) is 0 Å². The molecule has 0 aliphatic heterocycles. The van der Waals surface area contributed by atoms with Crippen molar-refractivity contribution in [3.05, 3.63) is 0 Å². The molecular formula is C10H19O4S. The summed E-state index contributed by atoms with van der Waals surface area (Å²) in [5.41, 5.74) is 0. The molecule has 15 heavy (non-hydrogen) atoms. The number of carbonyl (C=O) groups excluding carboxylic acids is 1. The molecule has 0 heterocycles. The minimum atomic E-state index is -4.69. The van der Waals surface area contributed by atoms with Crippen LogP contribution in [0.4, 0.5) is 0 Å². The van der Waals surface area contributed by atoms with Crippen molar-refractivity contribution in [1.29, 1.82) is 0 Å². The second-order valence-electron chi connectivity index (χ2n) is 3.70. The summed E-state index contributed by atoms with van der Waals surface area (Å²) in [4.78, 5) is 10.7. The summed E-state index contributed by atoms with van der Waals surface area (Å²) in [6.07, 6.45) is 6.92. The molecule has 0 saturated carbocycles.